The van der Waals surface area contributed by atoms with Gasteiger partial charge in [-0.2, -0.15) is 13.2 Å². The van der Waals surface area contributed by atoms with Gasteiger partial charge in [-0.15, -0.1) is 0 Å². The zero-order chi connectivity index (χ0) is 14.0. The molecule has 2 rings (SSSR count). The van der Waals surface area contributed by atoms with E-state index in [1.165, 1.54) is 12.1 Å². The summed E-state index contributed by atoms with van der Waals surface area (Å²) in [5, 5.41) is 0.00157. The number of pyridine rings is 1. The lowest BCUT2D eigenvalue weighted by molar-refractivity contribution is -0.137. The number of alkyl halides is 3. The molecule has 100 valence electrons. The van der Waals surface area contributed by atoms with Gasteiger partial charge in [0.25, 0.3) is 0 Å². The number of ether oxygens (including phenoxy) is 1. The average molecular weight is 292 g/mol. The lowest BCUT2D eigenvalue weighted by Gasteiger charge is -2.09. The summed E-state index contributed by atoms with van der Waals surface area (Å²) in [5.41, 5.74) is -0.917. The molecule has 0 aliphatic carbocycles. The molecule has 0 unspecified atom stereocenters. The molecule has 7 heteroatoms. The van der Waals surface area contributed by atoms with E-state index in [9.17, 15) is 17.6 Å². The van der Waals surface area contributed by atoms with E-state index in [1.807, 2.05) is 0 Å². The molecular weight excluding hydrogens is 286 g/mol. The molecule has 0 saturated heterocycles. The Balaban J connectivity index is 2.25. The highest BCUT2D eigenvalue weighted by Crippen LogP contribution is 2.33. The van der Waals surface area contributed by atoms with E-state index in [-0.39, 0.29) is 16.7 Å². The van der Waals surface area contributed by atoms with Crippen LogP contribution in [0.2, 0.25) is 5.02 Å². The monoisotopic (exact) mass is 291 g/mol. The van der Waals surface area contributed by atoms with Crippen molar-refractivity contribution in [2.24, 2.45) is 0 Å². The fourth-order valence-electron chi connectivity index (χ4n) is 1.29. The van der Waals surface area contributed by atoms with Crippen molar-refractivity contribution < 1.29 is 22.3 Å². The van der Waals surface area contributed by atoms with Crippen molar-refractivity contribution in [3.05, 3.63) is 52.9 Å². The number of aromatic nitrogens is 1. The van der Waals surface area contributed by atoms with Gasteiger partial charge in [-0.25, -0.2) is 9.37 Å². The summed E-state index contributed by atoms with van der Waals surface area (Å²) in [6, 6.07) is 5.67. The van der Waals surface area contributed by atoms with Crippen LogP contribution in [-0.4, -0.2) is 4.98 Å². The summed E-state index contributed by atoms with van der Waals surface area (Å²) >= 11 is 5.71. The highest BCUT2D eigenvalue weighted by Gasteiger charge is 2.30. The van der Waals surface area contributed by atoms with Gasteiger partial charge in [0.2, 0.25) is 5.88 Å². The first-order chi connectivity index (χ1) is 8.88. The van der Waals surface area contributed by atoms with Crippen molar-refractivity contribution in [2.45, 2.75) is 6.18 Å². The quantitative estimate of drug-likeness (QED) is 0.749. The fraction of sp³-hybridized carbons (Fsp3) is 0.0833. The molecule has 19 heavy (non-hydrogen) atoms. The Bertz CT molecular complexity index is 563. The van der Waals surface area contributed by atoms with Crippen molar-refractivity contribution in [3.63, 3.8) is 0 Å². The second kappa shape index (κ2) is 5.05. The van der Waals surface area contributed by atoms with Gasteiger partial charge in [0.05, 0.1) is 10.6 Å². The molecule has 0 bridgehead atoms. The lowest BCUT2D eigenvalue weighted by atomic mass is 10.3. The molecule has 0 aliphatic heterocycles. The summed E-state index contributed by atoms with van der Waals surface area (Å²) in [6.45, 7) is 0. The van der Waals surface area contributed by atoms with Gasteiger partial charge in [0.1, 0.15) is 0 Å². The van der Waals surface area contributed by atoms with Crippen LogP contribution < -0.4 is 4.74 Å². The molecule has 1 aromatic heterocycles. The molecule has 0 atom stereocenters. The van der Waals surface area contributed by atoms with Crippen LogP contribution in [0.3, 0.4) is 0 Å². The molecule has 0 spiro atoms. The van der Waals surface area contributed by atoms with Crippen molar-refractivity contribution in [3.8, 4) is 11.6 Å². The summed E-state index contributed by atoms with van der Waals surface area (Å²) in [4.78, 5) is 3.46. The highest BCUT2D eigenvalue weighted by atomic mass is 35.5. The van der Waals surface area contributed by atoms with Gasteiger partial charge in [0, 0.05) is 12.3 Å². The first kappa shape index (κ1) is 13.6. The summed E-state index contributed by atoms with van der Waals surface area (Å²) in [6.07, 6.45) is -3.88. The Morgan fingerprint density at radius 1 is 1.11 bits per heavy atom. The van der Waals surface area contributed by atoms with Gasteiger partial charge in [-0.1, -0.05) is 17.7 Å². The molecule has 0 aliphatic rings. The van der Waals surface area contributed by atoms with E-state index < -0.39 is 17.6 Å². The van der Waals surface area contributed by atoms with Crippen molar-refractivity contribution in [2.75, 3.05) is 0 Å². The number of nitrogens with zero attached hydrogens (tertiary/aromatic N) is 1. The zero-order valence-electron chi connectivity index (χ0n) is 9.21. The van der Waals surface area contributed by atoms with E-state index in [4.69, 9.17) is 16.3 Å². The maximum Gasteiger partial charge on any atom is 0.417 e. The normalized spacial score (nSPS) is 11.4. The molecule has 0 radical (unpaired) electrons. The predicted octanol–water partition coefficient (Wildman–Crippen LogP) is 4.69. The Morgan fingerprint density at radius 2 is 1.84 bits per heavy atom. The molecule has 2 nitrogen and oxygen atoms in total. The number of hydrogen-bond acceptors (Lipinski definition) is 2. The van der Waals surface area contributed by atoms with Crippen LogP contribution in [-0.2, 0) is 6.18 Å². The van der Waals surface area contributed by atoms with Crippen LogP contribution >= 0.6 is 11.6 Å². The Kier molecular flexibility index (Phi) is 3.61. The number of hydrogen-bond donors (Lipinski definition) is 0. The van der Waals surface area contributed by atoms with E-state index in [0.29, 0.717) is 6.20 Å². The zero-order valence-corrected chi connectivity index (χ0v) is 9.97. The summed E-state index contributed by atoms with van der Waals surface area (Å²) < 4.78 is 55.3. The van der Waals surface area contributed by atoms with Crippen LogP contribution in [0.15, 0.2) is 36.5 Å². The van der Waals surface area contributed by atoms with E-state index in [2.05, 4.69) is 4.98 Å². The molecule has 0 amide bonds. The van der Waals surface area contributed by atoms with Gasteiger partial charge < -0.3 is 4.74 Å². The first-order valence-electron chi connectivity index (χ1n) is 5.03. The highest BCUT2D eigenvalue weighted by molar-refractivity contribution is 6.32. The Hall–Kier alpha value is -1.82. The number of para-hydroxylation sites is 1. The summed E-state index contributed by atoms with van der Waals surface area (Å²) in [5.74, 6) is -1.19. The SMILES string of the molecule is Fc1cccc(Cl)c1Oc1ccc(C(F)(F)F)cn1. The summed E-state index contributed by atoms with van der Waals surface area (Å²) in [7, 11) is 0. The third-order valence-electron chi connectivity index (χ3n) is 2.19. The maximum atomic E-state index is 13.4. The van der Waals surface area contributed by atoms with Crippen molar-refractivity contribution in [1.29, 1.82) is 0 Å². The molecular formula is C12H6ClF4NO. The predicted molar refractivity (Wildman–Crippen MR) is 60.7 cm³/mol. The minimum absolute atomic E-state index is 0.00157. The fourth-order valence-corrected chi connectivity index (χ4v) is 1.49. The van der Waals surface area contributed by atoms with Crippen LogP contribution in [0.5, 0.6) is 11.6 Å². The molecule has 1 heterocycles. The smallest absolute Gasteiger partial charge is 0.417 e. The van der Waals surface area contributed by atoms with Crippen molar-refractivity contribution >= 4 is 11.6 Å². The van der Waals surface area contributed by atoms with E-state index in [1.54, 1.807) is 0 Å². The molecule has 0 fully saturated rings. The number of halogens is 5. The molecule has 2 aromatic rings. The van der Waals surface area contributed by atoms with Crippen LogP contribution in [0, 0.1) is 5.82 Å². The Labute approximate surface area is 110 Å². The molecule has 1 aromatic carbocycles. The van der Waals surface area contributed by atoms with Crippen molar-refractivity contribution in [1.82, 2.24) is 4.98 Å². The van der Waals surface area contributed by atoms with Gasteiger partial charge >= 0.3 is 6.18 Å². The van der Waals surface area contributed by atoms with E-state index in [0.717, 1.165) is 18.2 Å². The average Bonchev–Trinajstić information content (AvgIpc) is 2.33. The number of benzene rings is 1. The minimum Gasteiger partial charge on any atom is -0.434 e. The Morgan fingerprint density at radius 3 is 2.37 bits per heavy atom. The standard InChI is InChI=1S/C12H6ClF4NO/c13-8-2-1-3-9(14)11(8)19-10-5-4-7(6-18-10)12(15,16)17/h1-6H. The van der Waals surface area contributed by atoms with Crippen LogP contribution in [0.25, 0.3) is 0 Å². The lowest BCUT2D eigenvalue weighted by Crippen LogP contribution is -2.05. The first-order valence-corrected chi connectivity index (χ1v) is 5.41. The molecule has 0 N–H and O–H groups in total. The number of rotatable bonds is 2. The third kappa shape index (κ3) is 3.14. The second-order valence-electron chi connectivity index (χ2n) is 3.54. The second-order valence-corrected chi connectivity index (χ2v) is 3.94. The van der Waals surface area contributed by atoms with Gasteiger partial charge in [-0.3, -0.25) is 0 Å². The van der Waals surface area contributed by atoms with Crippen LogP contribution in [0.4, 0.5) is 17.6 Å². The van der Waals surface area contributed by atoms with Gasteiger partial charge in [0.15, 0.2) is 11.6 Å². The van der Waals surface area contributed by atoms with E-state index >= 15 is 0 Å². The molecule has 0 saturated carbocycles. The third-order valence-corrected chi connectivity index (χ3v) is 2.49. The maximum absolute atomic E-state index is 13.4. The minimum atomic E-state index is -4.48. The van der Waals surface area contributed by atoms with Crippen LogP contribution in [0.1, 0.15) is 5.56 Å². The largest absolute Gasteiger partial charge is 0.434 e. The topological polar surface area (TPSA) is 22.1 Å². The van der Waals surface area contributed by atoms with Gasteiger partial charge in [-0.05, 0) is 18.2 Å².